The lowest BCUT2D eigenvalue weighted by Crippen LogP contribution is -2.43. The third-order valence-electron chi connectivity index (χ3n) is 3.81. The number of hydrogen-bond donors (Lipinski definition) is 1. The van der Waals surface area contributed by atoms with Gasteiger partial charge < -0.3 is 10.1 Å². The van der Waals surface area contributed by atoms with Crippen molar-refractivity contribution in [1.82, 2.24) is 5.32 Å². The van der Waals surface area contributed by atoms with Crippen molar-refractivity contribution in [1.29, 1.82) is 0 Å². The number of ether oxygens (including phenoxy) is 1. The summed E-state index contributed by atoms with van der Waals surface area (Å²) in [5, 5.41) is 2.75. The molecule has 6 heteroatoms. The van der Waals surface area contributed by atoms with Gasteiger partial charge in [0.05, 0.1) is 11.5 Å². The first-order chi connectivity index (χ1) is 9.78. The molecule has 1 N–H and O–H groups in total. The van der Waals surface area contributed by atoms with Gasteiger partial charge in [-0.1, -0.05) is 12.1 Å². The Morgan fingerprint density at radius 3 is 2.71 bits per heavy atom. The van der Waals surface area contributed by atoms with E-state index in [1.165, 1.54) is 0 Å². The number of aryl methyl sites for hydroxylation is 1. The quantitative estimate of drug-likeness (QED) is 0.911. The maximum absolute atomic E-state index is 12.1. The van der Waals surface area contributed by atoms with Crippen LogP contribution < -0.4 is 10.1 Å². The molecule has 0 spiro atoms. The van der Waals surface area contributed by atoms with Crippen molar-refractivity contribution in [2.45, 2.75) is 39.3 Å². The molecule has 0 aromatic heterocycles. The van der Waals surface area contributed by atoms with Gasteiger partial charge in [0.25, 0.3) is 5.91 Å². The summed E-state index contributed by atoms with van der Waals surface area (Å²) in [6.07, 6.45) is -0.182. The molecule has 1 aromatic carbocycles. The van der Waals surface area contributed by atoms with E-state index < -0.39 is 15.9 Å². The Hall–Kier alpha value is -1.56. The highest BCUT2D eigenvalue weighted by atomic mass is 32.2. The van der Waals surface area contributed by atoms with Gasteiger partial charge in [-0.15, -0.1) is 0 Å². The second kappa shape index (κ2) is 6.05. The van der Waals surface area contributed by atoms with Crippen LogP contribution in [-0.4, -0.2) is 38.0 Å². The van der Waals surface area contributed by atoms with Crippen LogP contribution in [-0.2, 0) is 14.6 Å². The zero-order valence-corrected chi connectivity index (χ0v) is 13.4. The molecule has 1 saturated heterocycles. The average molecular weight is 311 g/mol. The third-order valence-corrected chi connectivity index (χ3v) is 5.57. The molecule has 1 aliphatic rings. The van der Waals surface area contributed by atoms with Crippen molar-refractivity contribution in [3.63, 3.8) is 0 Å². The topological polar surface area (TPSA) is 72.5 Å². The summed E-state index contributed by atoms with van der Waals surface area (Å²) in [6, 6.07) is 5.39. The van der Waals surface area contributed by atoms with E-state index in [4.69, 9.17) is 4.74 Å². The first kappa shape index (κ1) is 15.8. The predicted octanol–water partition coefficient (Wildman–Crippen LogP) is 1.37. The maximum Gasteiger partial charge on any atom is 0.261 e. The Morgan fingerprint density at radius 1 is 1.38 bits per heavy atom. The number of rotatable bonds is 4. The molecule has 5 nitrogen and oxygen atoms in total. The van der Waals surface area contributed by atoms with Gasteiger partial charge >= 0.3 is 0 Å². The van der Waals surface area contributed by atoms with Crippen molar-refractivity contribution in [3.05, 3.63) is 29.3 Å². The number of carbonyl (C=O) groups excluding carboxylic acids is 1. The fourth-order valence-corrected chi connectivity index (χ4v) is 4.00. The van der Waals surface area contributed by atoms with Crippen molar-refractivity contribution < 1.29 is 17.9 Å². The molecular weight excluding hydrogens is 290 g/mol. The molecule has 0 radical (unpaired) electrons. The van der Waals surface area contributed by atoms with E-state index in [9.17, 15) is 13.2 Å². The van der Waals surface area contributed by atoms with E-state index in [-0.39, 0.29) is 23.5 Å². The van der Waals surface area contributed by atoms with E-state index in [0.29, 0.717) is 12.2 Å². The van der Waals surface area contributed by atoms with Crippen LogP contribution in [0.3, 0.4) is 0 Å². The summed E-state index contributed by atoms with van der Waals surface area (Å²) >= 11 is 0. The standard InChI is InChI=1S/C15H21NO4S/c1-10-5-4-6-14(11(10)2)20-12(3)15(17)16-13-7-8-21(18,19)9-13/h4-6,12-13H,7-9H2,1-3H3,(H,16,17)/t12-,13-/m0/s1. The maximum atomic E-state index is 12.1. The Balaban J connectivity index is 1.95. The number of benzene rings is 1. The first-order valence-corrected chi connectivity index (χ1v) is 8.84. The van der Waals surface area contributed by atoms with Gasteiger partial charge in [0.1, 0.15) is 5.75 Å². The lowest BCUT2D eigenvalue weighted by molar-refractivity contribution is -0.127. The molecular formula is C15H21NO4S. The van der Waals surface area contributed by atoms with E-state index in [1.54, 1.807) is 6.92 Å². The van der Waals surface area contributed by atoms with Crippen LogP contribution in [0, 0.1) is 13.8 Å². The van der Waals surface area contributed by atoms with E-state index in [0.717, 1.165) is 11.1 Å². The van der Waals surface area contributed by atoms with Crippen LogP contribution in [0.2, 0.25) is 0 Å². The predicted molar refractivity (Wildman–Crippen MR) is 81.2 cm³/mol. The van der Waals surface area contributed by atoms with Gasteiger partial charge in [0.2, 0.25) is 0 Å². The van der Waals surface area contributed by atoms with Gasteiger partial charge in [-0.2, -0.15) is 0 Å². The van der Waals surface area contributed by atoms with Crippen molar-refractivity contribution in [2.75, 3.05) is 11.5 Å². The molecule has 1 aromatic rings. The number of carbonyl (C=O) groups is 1. The molecule has 0 aliphatic carbocycles. The van der Waals surface area contributed by atoms with Crippen LogP contribution in [0.15, 0.2) is 18.2 Å². The largest absolute Gasteiger partial charge is 0.481 e. The minimum absolute atomic E-state index is 0.0228. The minimum atomic E-state index is -2.99. The molecule has 1 heterocycles. The zero-order chi connectivity index (χ0) is 15.6. The number of nitrogens with one attached hydrogen (secondary N) is 1. The summed E-state index contributed by atoms with van der Waals surface area (Å²) in [5.41, 5.74) is 2.10. The van der Waals surface area contributed by atoms with Crippen LogP contribution in [0.4, 0.5) is 0 Å². The first-order valence-electron chi connectivity index (χ1n) is 7.02. The summed E-state index contributed by atoms with van der Waals surface area (Å²) in [7, 11) is -2.99. The highest BCUT2D eigenvalue weighted by Gasteiger charge is 2.30. The van der Waals surface area contributed by atoms with Gasteiger partial charge in [0, 0.05) is 6.04 Å². The fourth-order valence-electron chi connectivity index (χ4n) is 2.32. The Labute approximate surface area is 125 Å². The van der Waals surface area contributed by atoms with E-state index in [1.807, 2.05) is 32.0 Å². The van der Waals surface area contributed by atoms with E-state index in [2.05, 4.69) is 5.32 Å². The monoisotopic (exact) mass is 311 g/mol. The SMILES string of the molecule is Cc1cccc(O[C@@H](C)C(=O)N[C@H]2CCS(=O)(=O)C2)c1C. The zero-order valence-electron chi connectivity index (χ0n) is 12.5. The lowest BCUT2D eigenvalue weighted by Gasteiger charge is -2.19. The van der Waals surface area contributed by atoms with Crippen LogP contribution in [0.1, 0.15) is 24.5 Å². The molecule has 116 valence electrons. The molecule has 1 aliphatic heterocycles. The van der Waals surface area contributed by atoms with Gasteiger partial charge in [-0.25, -0.2) is 8.42 Å². The fraction of sp³-hybridized carbons (Fsp3) is 0.533. The van der Waals surface area contributed by atoms with Crippen LogP contribution in [0.25, 0.3) is 0 Å². The second-order valence-corrected chi connectivity index (χ2v) is 7.80. The summed E-state index contributed by atoms with van der Waals surface area (Å²) < 4.78 is 28.5. The molecule has 0 saturated carbocycles. The number of hydrogen-bond acceptors (Lipinski definition) is 4. The van der Waals surface area contributed by atoms with Gasteiger partial charge in [-0.3, -0.25) is 4.79 Å². The summed E-state index contributed by atoms with van der Waals surface area (Å²) in [4.78, 5) is 12.1. The van der Waals surface area contributed by atoms with Crippen molar-refractivity contribution >= 4 is 15.7 Å². The normalized spacial score (nSPS) is 21.8. The second-order valence-electron chi connectivity index (χ2n) is 5.57. The highest BCUT2D eigenvalue weighted by Crippen LogP contribution is 2.22. The Bertz CT molecular complexity index is 639. The summed E-state index contributed by atoms with van der Waals surface area (Å²) in [6.45, 7) is 5.59. The summed E-state index contributed by atoms with van der Waals surface area (Å²) in [5.74, 6) is 0.564. The van der Waals surface area contributed by atoms with Crippen LogP contribution in [0.5, 0.6) is 5.75 Å². The molecule has 2 rings (SSSR count). The van der Waals surface area contributed by atoms with Gasteiger partial charge in [0.15, 0.2) is 15.9 Å². The smallest absolute Gasteiger partial charge is 0.261 e. The molecule has 21 heavy (non-hydrogen) atoms. The Morgan fingerprint density at radius 2 is 2.10 bits per heavy atom. The highest BCUT2D eigenvalue weighted by molar-refractivity contribution is 7.91. The van der Waals surface area contributed by atoms with Crippen LogP contribution >= 0.6 is 0 Å². The van der Waals surface area contributed by atoms with Crippen molar-refractivity contribution in [2.24, 2.45) is 0 Å². The molecule has 0 unspecified atom stereocenters. The lowest BCUT2D eigenvalue weighted by atomic mass is 10.1. The molecule has 2 atom stereocenters. The molecule has 1 amide bonds. The molecule has 0 bridgehead atoms. The third kappa shape index (κ3) is 3.97. The molecule has 1 fully saturated rings. The minimum Gasteiger partial charge on any atom is -0.481 e. The van der Waals surface area contributed by atoms with Gasteiger partial charge in [-0.05, 0) is 44.4 Å². The number of sulfone groups is 1. The number of amides is 1. The van der Waals surface area contributed by atoms with Crippen molar-refractivity contribution in [3.8, 4) is 5.75 Å². The average Bonchev–Trinajstić information content (AvgIpc) is 2.74. The Kier molecular flexibility index (Phi) is 4.56. The van der Waals surface area contributed by atoms with E-state index >= 15 is 0 Å².